The second-order valence-corrected chi connectivity index (χ2v) is 14.0. The molecule has 1 saturated carbocycles. The van der Waals surface area contributed by atoms with Gasteiger partial charge in [0, 0.05) is 31.3 Å². The molecule has 0 aromatic carbocycles. The van der Waals surface area contributed by atoms with E-state index in [0.29, 0.717) is 25.2 Å². The molecular weight excluding hydrogens is 692 g/mol. The van der Waals surface area contributed by atoms with E-state index in [-0.39, 0.29) is 40.5 Å². The Bertz CT molecular complexity index is 1730. The number of carbonyl (C=O) groups excluding carboxylic acids is 3. The summed E-state index contributed by atoms with van der Waals surface area (Å²) in [7, 11) is -5.06. The van der Waals surface area contributed by atoms with E-state index in [9.17, 15) is 37.3 Å². The van der Waals surface area contributed by atoms with E-state index in [2.05, 4.69) is 41.6 Å². The fourth-order valence-corrected chi connectivity index (χ4v) is 5.68. The molecule has 0 bridgehead atoms. The maximum Gasteiger partial charge on any atom is 0.407 e. The first kappa shape index (κ1) is 36.7. The lowest BCUT2D eigenvalue weighted by molar-refractivity contribution is -0.153. The lowest BCUT2D eigenvalue weighted by Crippen LogP contribution is -2.73. The van der Waals surface area contributed by atoms with Gasteiger partial charge in [0.1, 0.15) is 29.1 Å². The van der Waals surface area contributed by atoms with Crippen LogP contribution >= 0.6 is 11.3 Å². The third-order valence-corrected chi connectivity index (χ3v) is 8.42. The minimum absolute atomic E-state index is 0.0300. The van der Waals surface area contributed by atoms with E-state index >= 15 is 0 Å². The molecule has 3 heterocycles. The number of β-lactam (4-membered cyclic amide) rings is 1. The summed E-state index contributed by atoms with van der Waals surface area (Å²) < 4.78 is 39.0. The van der Waals surface area contributed by atoms with Gasteiger partial charge in [0.15, 0.2) is 16.8 Å². The van der Waals surface area contributed by atoms with Crippen LogP contribution in [-0.2, 0) is 47.4 Å². The van der Waals surface area contributed by atoms with Crippen molar-refractivity contribution in [3.05, 3.63) is 23.0 Å². The zero-order valence-electron chi connectivity index (χ0n) is 26.5. The highest BCUT2D eigenvalue weighted by Crippen LogP contribution is 2.40. The molecular formula is C25H36N12O10S2. The minimum Gasteiger partial charge on any atom is -0.478 e. The smallest absolute Gasteiger partial charge is 0.407 e. The van der Waals surface area contributed by atoms with Crippen molar-refractivity contribution in [2.75, 3.05) is 18.8 Å². The standard InChI is InChI=1S/C25H36N12O10S2/c1-24(2,3)46-23(42)29-8-4-7-28-21(26)30-9-13-10-31-36(34-13)11-15-17(19(39)37(15)49(43,44)45)33-18(38)16(14-12-48-22(27)32-14)35-47-25(5-6-25)20(40)41/h10,12,15,17H,4-9,11H2,1-3H3,(H2,27,32)(H,29,42)(H,33,38)(H,40,41)(H3,26,28,30)(H,43,44,45)/b35-16-/t15-,17?/m0/s1. The number of guanidine groups is 1. The summed E-state index contributed by atoms with van der Waals surface area (Å²) in [6.07, 6.45) is 1.57. The van der Waals surface area contributed by atoms with Crippen molar-refractivity contribution in [3.8, 4) is 0 Å². The lowest BCUT2D eigenvalue weighted by atomic mass is 9.98. The number of amides is 3. The largest absolute Gasteiger partial charge is 0.478 e. The van der Waals surface area contributed by atoms with Gasteiger partial charge in [-0.05, 0) is 27.2 Å². The van der Waals surface area contributed by atoms with Crippen LogP contribution in [0.1, 0.15) is 51.4 Å². The Labute approximate surface area is 283 Å². The predicted molar refractivity (Wildman–Crippen MR) is 169 cm³/mol. The second kappa shape index (κ2) is 14.6. The summed E-state index contributed by atoms with van der Waals surface area (Å²) >= 11 is 0.953. The molecule has 4 rings (SSSR count). The van der Waals surface area contributed by atoms with Crippen LogP contribution < -0.4 is 27.0 Å². The third-order valence-electron chi connectivity index (χ3n) is 6.79. The Balaban J connectivity index is 1.34. The summed E-state index contributed by atoms with van der Waals surface area (Å²) in [4.78, 5) is 59.4. The first-order valence-electron chi connectivity index (χ1n) is 14.6. The van der Waals surface area contributed by atoms with Crippen LogP contribution in [0.25, 0.3) is 0 Å². The van der Waals surface area contributed by atoms with Gasteiger partial charge in [-0.3, -0.25) is 19.6 Å². The molecule has 1 unspecified atom stereocenters. The van der Waals surface area contributed by atoms with Gasteiger partial charge in [0.05, 0.1) is 19.3 Å². The number of nitrogens with zero attached hydrogens (tertiary/aromatic N) is 6. The van der Waals surface area contributed by atoms with Crippen molar-refractivity contribution < 1.29 is 46.8 Å². The highest BCUT2D eigenvalue weighted by molar-refractivity contribution is 7.84. The molecule has 2 fully saturated rings. The molecule has 49 heavy (non-hydrogen) atoms. The van der Waals surface area contributed by atoms with E-state index in [0.717, 1.165) is 16.1 Å². The number of carbonyl (C=O) groups is 4. The van der Waals surface area contributed by atoms with Gasteiger partial charge in [-0.15, -0.1) is 11.3 Å². The van der Waals surface area contributed by atoms with Crippen LogP contribution in [0.4, 0.5) is 9.93 Å². The van der Waals surface area contributed by atoms with Gasteiger partial charge in [-0.25, -0.2) is 18.9 Å². The molecule has 1 aliphatic heterocycles. The Morgan fingerprint density at radius 1 is 1.22 bits per heavy atom. The summed E-state index contributed by atoms with van der Waals surface area (Å²) in [5.41, 5.74) is 3.16. The topological polar surface area (TPSA) is 319 Å². The molecule has 0 spiro atoms. The van der Waals surface area contributed by atoms with E-state index in [1.54, 1.807) is 20.8 Å². The van der Waals surface area contributed by atoms with Gasteiger partial charge in [0.2, 0.25) is 5.60 Å². The van der Waals surface area contributed by atoms with E-state index in [1.165, 1.54) is 11.6 Å². The molecule has 2 atom stereocenters. The van der Waals surface area contributed by atoms with E-state index in [1.807, 2.05) is 0 Å². The number of hydrogen-bond donors (Lipinski definition) is 8. The van der Waals surface area contributed by atoms with Crippen LogP contribution in [0, 0.1) is 5.41 Å². The number of nitrogen functional groups attached to an aromatic ring is 1. The van der Waals surface area contributed by atoms with Crippen molar-refractivity contribution in [1.82, 2.24) is 45.6 Å². The molecule has 1 saturated heterocycles. The number of ether oxygens (including phenoxy) is 1. The van der Waals surface area contributed by atoms with Crippen molar-refractivity contribution in [2.45, 2.75) is 76.4 Å². The monoisotopic (exact) mass is 728 g/mol. The molecule has 2 aromatic heterocycles. The number of rotatable bonds is 15. The lowest BCUT2D eigenvalue weighted by Gasteiger charge is -2.43. The van der Waals surface area contributed by atoms with Gasteiger partial charge < -0.3 is 41.7 Å². The fraction of sp³-hybridized carbons (Fsp3) is 0.560. The fourth-order valence-electron chi connectivity index (χ4n) is 4.26. The number of alkyl carbamates (subject to hydrolysis) is 1. The van der Waals surface area contributed by atoms with Crippen LogP contribution in [-0.4, -0.2) is 114 Å². The maximum atomic E-state index is 13.3. The molecule has 2 aliphatic rings. The predicted octanol–water partition coefficient (Wildman–Crippen LogP) is -1.62. The van der Waals surface area contributed by atoms with Crippen molar-refractivity contribution in [1.29, 1.82) is 5.41 Å². The number of carboxylic acids is 1. The number of aliphatic carboxylic acids is 1. The first-order chi connectivity index (χ1) is 22.9. The van der Waals surface area contributed by atoms with E-state index in [4.69, 9.17) is 20.7 Å². The van der Waals surface area contributed by atoms with Crippen LogP contribution in [0.5, 0.6) is 0 Å². The Kier molecular flexibility index (Phi) is 10.9. The third kappa shape index (κ3) is 9.73. The number of carboxylic acid groups (broad SMARTS) is 1. The molecule has 268 valence electrons. The van der Waals surface area contributed by atoms with Crippen molar-refractivity contribution >= 4 is 62.3 Å². The normalized spacial score (nSPS) is 18.6. The number of anilines is 1. The first-order valence-corrected chi connectivity index (χ1v) is 16.9. The number of thiazole rings is 1. The van der Waals surface area contributed by atoms with Crippen LogP contribution in [0.2, 0.25) is 0 Å². The molecule has 1 aliphatic carbocycles. The van der Waals surface area contributed by atoms with Gasteiger partial charge in [0.25, 0.3) is 11.8 Å². The van der Waals surface area contributed by atoms with Gasteiger partial charge in [-0.2, -0.15) is 23.4 Å². The highest BCUT2D eigenvalue weighted by atomic mass is 32.2. The summed E-state index contributed by atoms with van der Waals surface area (Å²) in [5, 5.41) is 41.3. The number of aromatic nitrogens is 4. The molecule has 24 heteroatoms. The minimum atomic E-state index is -5.06. The number of nitrogens with two attached hydrogens (primary N) is 1. The average Bonchev–Trinajstić information content (AvgIpc) is 3.45. The van der Waals surface area contributed by atoms with Crippen LogP contribution in [0.3, 0.4) is 0 Å². The molecule has 9 N–H and O–H groups in total. The van der Waals surface area contributed by atoms with Gasteiger partial charge >= 0.3 is 22.4 Å². The zero-order chi connectivity index (χ0) is 36.1. The Hall–Kier alpha value is -5.10. The summed E-state index contributed by atoms with van der Waals surface area (Å²) in [6.45, 7) is 5.57. The van der Waals surface area contributed by atoms with E-state index < -0.39 is 69.7 Å². The maximum absolute atomic E-state index is 13.3. The molecule has 3 amide bonds. The summed E-state index contributed by atoms with van der Waals surface area (Å²) in [5.74, 6) is -3.56. The zero-order valence-corrected chi connectivity index (χ0v) is 28.1. The quantitative estimate of drug-likeness (QED) is 0.0255. The molecule has 2 aromatic rings. The number of oxime groups is 1. The molecule has 0 radical (unpaired) electrons. The second-order valence-electron chi connectivity index (χ2n) is 11.9. The average molecular weight is 729 g/mol. The number of nitrogens with one attached hydrogen (secondary N) is 5. The van der Waals surface area contributed by atoms with Crippen LogP contribution in [0.15, 0.2) is 16.7 Å². The summed E-state index contributed by atoms with van der Waals surface area (Å²) in [6, 6.07) is -2.90. The SMILES string of the molecule is CC(C)(C)OC(=O)NCCCNC(=N)NCc1cnn(C[C@H]2C(NC(=O)/C(=N\OC3(C(=O)O)CC3)c3csc(N)n3)C(=O)N2S(=O)(=O)O)n1. The van der Waals surface area contributed by atoms with Crippen molar-refractivity contribution in [3.63, 3.8) is 0 Å². The van der Waals surface area contributed by atoms with Gasteiger partial charge in [-0.1, -0.05) is 5.16 Å². The highest BCUT2D eigenvalue weighted by Gasteiger charge is 2.56. The number of hydrogen-bond acceptors (Lipinski definition) is 15. The van der Waals surface area contributed by atoms with Crippen molar-refractivity contribution in [2.24, 2.45) is 5.16 Å². The Morgan fingerprint density at radius 2 is 1.92 bits per heavy atom. The Morgan fingerprint density at radius 3 is 2.51 bits per heavy atom. The molecule has 22 nitrogen and oxygen atoms in total.